The van der Waals surface area contributed by atoms with Gasteiger partial charge in [-0.05, 0) is 39.9 Å². The lowest BCUT2D eigenvalue weighted by molar-refractivity contribution is -0.139. The van der Waals surface area contributed by atoms with Gasteiger partial charge in [-0.2, -0.15) is 0 Å². The van der Waals surface area contributed by atoms with Crippen LogP contribution in [0.4, 0.5) is 0 Å². The first-order valence-electron chi connectivity index (χ1n) is 6.38. The van der Waals surface area contributed by atoms with Crippen LogP contribution >= 0.6 is 0 Å². The second kappa shape index (κ2) is 5.15. The molecule has 0 aromatic carbocycles. The van der Waals surface area contributed by atoms with E-state index < -0.39 is 0 Å². The van der Waals surface area contributed by atoms with Gasteiger partial charge in [0.15, 0.2) is 0 Å². The molecule has 0 bridgehead atoms. The molecule has 0 aliphatic carbocycles. The highest BCUT2D eigenvalue weighted by Crippen LogP contribution is 2.20. The molecule has 4 heteroatoms. The smallest absolute Gasteiger partial charge is 0.226 e. The zero-order valence-corrected chi connectivity index (χ0v) is 10.4. The molecule has 0 saturated carbocycles. The number of rotatable bonds is 1. The Bertz CT molecular complexity index is 249. The maximum Gasteiger partial charge on any atom is 0.226 e. The van der Waals surface area contributed by atoms with Gasteiger partial charge in [0.25, 0.3) is 0 Å². The molecule has 2 heterocycles. The Kier molecular flexibility index (Phi) is 3.82. The Morgan fingerprint density at radius 1 is 1.25 bits per heavy atom. The van der Waals surface area contributed by atoms with Crippen molar-refractivity contribution >= 4 is 5.91 Å². The summed E-state index contributed by atoms with van der Waals surface area (Å²) < 4.78 is 0. The van der Waals surface area contributed by atoms with Crippen molar-refractivity contribution in [2.24, 2.45) is 5.92 Å². The minimum absolute atomic E-state index is 0.275. The monoisotopic (exact) mass is 225 g/mol. The molecule has 92 valence electrons. The minimum atomic E-state index is 0.275. The van der Waals surface area contributed by atoms with E-state index in [1.807, 2.05) is 0 Å². The van der Waals surface area contributed by atoms with Crippen molar-refractivity contribution in [1.29, 1.82) is 0 Å². The number of piperazine rings is 1. The fourth-order valence-corrected chi connectivity index (χ4v) is 2.66. The molecule has 2 fully saturated rings. The van der Waals surface area contributed by atoms with Crippen LogP contribution in [0.15, 0.2) is 0 Å². The maximum absolute atomic E-state index is 12.3. The van der Waals surface area contributed by atoms with E-state index in [4.69, 9.17) is 0 Å². The summed E-state index contributed by atoms with van der Waals surface area (Å²) in [5.41, 5.74) is 0. The first-order chi connectivity index (χ1) is 7.68. The molecular weight excluding hydrogens is 202 g/mol. The number of piperidine rings is 1. The number of carbonyl (C=O) groups excluding carboxylic acids is 1. The summed E-state index contributed by atoms with van der Waals surface area (Å²) >= 11 is 0. The van der Waals surface area contributed by atoms with Crippen LogP contribution < -0.4 is 5.32 Å². The number of hydrogen-bond acceptors (Lipinski definition) is 3. The highest BCUT2D eigenvalue weighted by molar-refractivity contribution is 5.79. The Labute approximate surface area is 98.0 Å². The van der Waals surface area contributed by atoms with Crippen molar-refractivity contribution in [3.63, 3.8) is 0 Å². The lowest BCUT2D eigenvalue weighted by Gasteiger charge is -2.38. The molecule has 16 heavy (non-hydrogen) atoms. The van der Waals surface area contributed by atoms with Gasteiger partial charge in [0.05, 0.1) is 0 Å². The van der Waals surface area contributed by atoms with Gasteiger partial charge in [-0.25, -0.2) is 0 Å². The summed E-state index contributed by atoms with van der Waals surface area (Å²) in [6.07, 6.45) is 2.07. The van der Waals surface area contributed by atoms with Crippen LogP contribution in [0.25, 0.3) is 0 Å². The Morgan fingerprint density at radius 2 is 1.94 bits per heavy atom. The highest BCUT2D eigenvalue weighted by Gasteiger charge is 2.30. The molecule has 2 rings (SSSR count). The average Bonchev–Trinajstić information content (AvgIpc) is 2.30. The van der Waals surface area contributed by atoms with Crippen LogP contribution in [0, 0.1) is 5.92 Å². The van der Waals surface area contributed by atoms with Gasteiger partial charge in [-0.15, -0.1) is 0 Å². The molecule has 0 aromatic heterocycles. The fraction of sp³-hybridized carbons (Fsp3) is 0.917. The lowest BCUT2D eigenvalue weighted by atomic mass is 9.94. The van der Waals surface area contributed by atoms with Crippen molar-refractivity contribution in [3.8, 4) is 0 Å². The molecule has 2 aliphatic rings. The van der Waals surface area contributed by atoms with Crippen LogP contribution in [0.3, 0.4) is 0 Å². The Morgan fingerprint density at radius 3 is 2.56 bits per heavy atom. The molecule has 1 atom stereocenters. The summed E-state index contributed by atoms with van der Waals surface area (Å²) in [6.45, 7) is 7.04. The predicted molar refractivity (Wildman–Crippen MR) is 64.3 cm³/mol. The number of hydrogen-bond donors (Lipinski definition) is 1. The van der Waals surface area contributed by atoms with E-state index in [2.05, 4.69) is 29.1 Å². The highest BCUT2D eigenvalue weighted by atomic mass is 16.2. The first kappa shape index (κ1) is 11.9. The molecule has 4 nitrogen and oxygen atoms in total. The van der Waals surface area contributed by atoms with E-state index in [1.165, 1.54) is 0 Å². The maximum atomic E-state index is 12.3. The van der Waals surface area contributed by atoms with E-state index in [9.17, 15) is 4.79 Å². The molecule has 0 radical (unpaired) electrons. The molecule has 1 unspecified atom stereocenters. The van der Waals surface area contributed by atoms with Crippen molar-refractivity contribution in [3.05, 3.63) is 0 Å². The summed E-state index contributed by atoms with van der Waals surface area (Å²) in [7, 11) is 2.13. The number of nitrogens with one attached hydrogen (secondary N) is 1. The van der Waals surface area contributed by atoms with Crippen molar-refractivity contribution in [2.75, 3.05) is 39.8 Å². The largest absolute Gasteiger partial charge is 0.337 e. The van der Waals surface area contributed by atoms with Gasteiger partial charge in [0, 0.05) is 31.6 Å². The van der Waals surface area contributed by atoms with E-state index in [0.29, 0.717) is 11.9 Å². The molecule has 0 spiro atoms. The van der Waals surface area contributed by atoms with E-state index >= 15 is 0 Å². The number of carbonyl (C=O) groups is 1. The fourth-order valence-electron chi connectivity index (χ4n) is 2.66. The van der Waals surface area contributed by atoms with Crippen LogP contribution in [-0.4, -0.2) is 61.5 Å². The molecule has 0 aromatic rings. The number of likely N-dealkylation sites (tertiary alicyclic amines) is 1. The first-order valence-corrected chi connectivity index (χ1v) is 6.38. The zero-order chi connectivity index (χ0) is 11.5. The SMILES string of the molecule is CC1CNCCN1C(=O)C1CCN(C)CC1. The van der Waals surface area contributed by atoms with Crippen molar-refractivity contribution in [1.82, 2.24) is 15.1 Å². The average molecular weight is 225 g/mol. The number of nitrogens with zero attached hydrogens (tertiary/aromatic N) is 2. The van der Waals surface area contributed by atoms with Gasteiger partial charge >= 0.3 is 0 Å². The summed E-state index contributed by atoms with van der Waals surface area (Å²) in [6, 6.07) is 0.362. The third kappa shape index (κ3) is 2.55. The van der Waals surface area contributed by atoms with Gasteiger partial charge in [-0.1, -0.05) is 0 Å². The third-order valence-corrected chi connectivity index (χ3v) is 3.85. The molecule has 1 N–H and O–H groups in total. The summed E-state index contributed by atoms with van der Waals surface area (Å²) in [5, 5.41) is 3.33. The lowest BCUT2D eigenvalue weighted by Crippen LogP contribution is -2.54. The van der Waals surface area contributed by atoms with Crippen LogP contribution in [0.5, 0.6) is 0 Å². The second-order valence-corrected chi connectivity index (χ2v) is 5.16. The van der Waals surface area contributed by atoms with Gasteiger partial charge in [0.1, 0.15) is 0 Å². The normalized spacial score (nSPS) is 29.4. The van der Waals surface area contributed by atoms with Gasteiger partial charge < -0.3 is 15.1 Å². The van der Waals surface area contributed by atoms with Gasteiger partial charge in [0.2, 0.25) is 5.91 Å². The summed E-state index contributed by atoms with van der Waals surface area (Å²) in [5.74, 6) is 0.666. The van der Waals surface area contributed by atoms with E-state index in [0.717, 1.165) is 45.6 Å². The Hall–Kier alpha value is -0.610. The minimum Gasteiger partial charge on any atom is -0.337 e. The standard InChI is InChI=1S/C12H23N3O/c1-10-9-13-5-8-15(10)12(16)11-3-6-14(2)7-4-11/h10-11,13H,3-9H2,1-2H3. The van der Waals surface area contributed by atoms with Crippen LogP contribution in [-0.2, 0) is 4.79 Å². The van der Waals surface area contributed by atoms with Gasteiger partial charge in [-0.3, -0.25) is 4.79 Å². The van der Waals surface area contributed by atoms with Crippen LogP contribution in [0.2, 0.25) is 0 Å². The molecule has 1 amide bonds. The number of amides is 1. The topological polar surface area (TPSA) is 35.6 Å². The second-order valence-electron chi connectivity index (χ2n) is 5.16. The zero-order valence-electron chi connectivity index (χ0n) is 10.4. The van der Waals surface area contributed by atoms with Crippen molar-refractivity contribution < 1.29 is 4.79 Å². The molecular formula is C12H23N3O. The van der Waals surface area contributed by atoms with Crippen molar-refractivity contribution in [2.45, 2.75) is 25.8 Å². The molecule has 2 saturated heterocycles. The quantitative estimate of drug-likeness (QED) is 0.690. The Balaban J connectivity index is 1.90. The third-order valence-electron chi connectivity index (χ3n) is 3.85. The summed E-state index contributed by atoms with van der Waals surface area (Å²) in [4.78, 5) is 16.7. The van der Waals surface area contributed by atoms with E-state index in [-0.39, 0.29) is 5.92 Å². The van der Waals surface area contributed by atoms with Crippen LogP contribution in [0.1, 0.15) is 19.8 Å². The predicted octanol–water partition coefficient (Wildman–Crippen LogP) is 0.149. The van der Waals surface area contributed by atoms with E-state index in [1.54, 1.807) is 0 Å². The molecule has 2 aliphatic heterocycles.